The number of para-hydroxylation sites is 2. The Labute approximate surface area is 188 Å². The SMILES string of the molecule is Cc1ccc(-n2c(Cn3cc(Cn4c(=O)c(C)nc5ccccc54)nn3)n[nH]c2=S)cc1. The molecular weight excluding hydrogens is 424 g/mol. The minimum Gasteiger partial charge on any atom is -0.299 e. The van der Waals surface area contributed by atoms with E-state index < -0.39 is 0 Å². The molecule has 5 rings (SSSR count). The highest BCUT2D eigenvalue weighted by Crippen LogP contribution is 2.14. The van der Waals surface area contributed by atoms with Gasteiger partial charge in [-0.1, -0.05) is 35.0 Å². The van der Waals surface area contributed by atoms with Gasteiger partial charge in [-0.05, 0) is 50.3 Å². The third-order valence-corrected chi connectivity index (χ3v) is 5.53. The Kier molecular flexibility index (Phi) is 4.98. The van der Waals surface area contributed by atoms with Crippen LogP contribution >= 0.6 is 12.2 Å². The van der Waals surface area contributed by atoms with Crippen molar-refractivity contribution in [1.82, 2.24) is 39.3 Å². The first-order chi connectivity index (χ1) is 15.5. The minimum absolute atomic E-state index is 0.140. The molecule has 1 N–H and O–H groups in total. The number of aryl methyl sites for hydroxylation is 2. The summed E-state index contributed by atoms with van der Waals surface area (Å²) in [6.07, 6.45) is 1.81. The molecule has 0 fully saturated rings. The first-order valence-corrected chi connectivity index (χ1v) is 10.5. The van der Waals surface area contributed by atoms with Crippen LogP contribution in [-0.4, -0.2) is 39.3 Å². The molecule has 3 aromatic heterocycles. The van der Waals surface area contributed by atoms with Crippen molar-refractivity contribution in [3.63, 3.8) is 0 Å². The van der Waals surface area contributed by atoms with Crippen LogP contribution in [0.25, 0.3) is 16.7 Å². The van der Waals surface area contributed by atoms with Crippen molar-refractivity contribution in [3.8, 4) is 5.69 Å². The Balaban J connectivity index is 1.45. The molecule has 0 aliphatic carbocycles. The van der Waals surface area contributed by atoms with E-state index in [1.807, 2.05) is 66.2 Å². The number of rotatable bonds is 5. The van der Waals surface area contributed by atoms with Crippen LogP contribution < -0.4 is 5.56 Å². The lowest BCUT2D eigenvalue weighted by Crippen LogP contribution is -2.24. The number of aromatic nitrogens is 8. The summed E-state index contributed by atoms with van der Waals surface area (Å²) in [5, 5.41) is 15.7. The van der Waals surface area contributed by atoms with Gasteiger partial charge in [0, 0.05) is 5.69 Å². The summed E-state index contributed by atoms with van der Waals surface area (Å²) in [5.74, 6) is 0.706. The molecule has 32 heavy (non-hydrogen) atoms. The van der Waals surface area contributed by atoms with Crippen molar-refractivity contribution in [2.45, 2.75) is 26.9 Å². The van der Waals surface area contributed by atoms with E-state index in [1.165, 1.54) is 5.56 Å². The summed E-state index contributed by atoms with van der Waals surface area (Å²) in [4.78, 5) is 17.1. The lowest BCUT2D eigenvalue weighted by Gasteiger charge is -2.09. The quantitative estimate of drug-likeness (QED) is 0.419. The van der Waals surface area contributed by atoms with Crippen LogP contribution in [0, 0.1) is 18.6 Å². The fraction of sp³-hybridized carbons (Fsp3) is 0.182. The molecule has 9 nitrogen and oxygen atoms in total. The summed E-state index contributed by atoms with van der Waals surface area (Å²) in [5.41, 5.74) is 4.60. The Hall–Kier alpha value is -3.92. The summed E-state index contributed by atoms with van der Waals surface area (Å²) in [7, 11) is 0. The number of nitrogens with zero attached hydrogens (tertiary/aromatic N) is 7. The minimum atomic E-state index is -0.140. The van der Waals surface area contributed by atoms with E-state index in [0.717, 1.165) is 16.7 Å². The standard InChI is InChI=1S/C22H20N8OS/c1-14-7-9-17(10-8-14)30-20(25-26-22(30)32)13-28-11-16(24-27-28)12-29-19-6-4-3-5-18(19)23-15(2)21(29)31/h3-11H,12-13H2,1-2H3,(H,26,32). The zero-order valence-electron chi connectivity index (χ0n) is 17.6. The van der Waals surface area contributed by atoms with Crippen molar-refractivity contribution in [2.24, 2.45) is 0 Å². The molecule has 5 aromatic rings. The molecule has 10 heteroatoms. The van der Waals surface area contributed by atoms with Crippen LogP contribution in [0.2, 0.25) is 0 Å². The number of hydrogen-bond acceptors (Lipinski definition) is 6. The third-order valence-electron chi connectivity index (χ3n) is 5.26. The van der Waals surface area contributed by atoms with Gasteiger partial charge in [0.1, 0.15) is 17.9 Å². The van der Waals surface area contributed by atoms with Gasteiger partial charge < -0.3 is 0 Å². The maximum absolute atomic E-state index is 12.7. The Morgan fingerprint density at radius 3 is 2.62 bits per heavy atom. The number of benzene rings is 2. The lowest BCUT2D eigenvalue weighted by atomic mass is 10.2. The number of aromatic amines is 1. The van der Waals surface area contributed by atoms with Crippen LogP contribution in [0.3, 0.4) is 0 Å². The van der Waals surface area contributed by atoms with Crippen molar-refractivity contribution in [1.29, 1.82) is 0 Å². The van der Waals surface area contributed by atoms with E-state index >= 15 is 0 Å². The van der Waals surface area contributed by atoms with Crippen molar-refractivity contribution >= 4 is 23.3 Å². The molecule has 0 radical (unpaired) electrons. The molecule has 0 aliphatic heterocycles. The second kappa shape index (κ2) is 7.97. The first-order valence-electron chi connectivity index (χ1n) is 10.1. The Morgan fingerprint density at radius 1 is 1.03 bits per heavy atom. The number of fused-ring (bicyclic) bond motifs is 1. The number of nitrogens with one attached hydrogen (secondary N) is 1. The molecule has 0 aliphatic rings. The normalized spacial score (nSPS) is 11.3. The molecule has 0 saturated carbocycles. The highest BCUT2D eigenvalue weighted by atomic mass is 32.1. The monoisotopic (exact) mass is 444 g/mol. The van der Waals surface area contributed by atoms with Crippen LogP contribution in [0.15, 0.2) is 59.5 Å². The van der Waals surface area contributed by atoms with E-state index in [4.69, 9.17) is 12.2 Å². The van der Waals surface area contributed by atoms with E-state index in [9.17, 15) is 4.79 Å². The molecule has 0 atom stereocenters. The molecule has 0 saturated heterocycles. The van der Waals surface area contributed by atoms with Gasteiger partial charge in [-0.2, -0.15) is 5.10 Å². The molecule has 0 bridgehead atoms. The van der Waals surface area contributed by atoms with Crippen LogP contribution in [0.1, 0.15) is 22.8 Å². The number of hydrogen-bond donors (Lipinski definition) is 1. The summed E-state index contributed by atoms with van der Waals surface area (Å²) >= 11 is 5.42. The smallest absolute Gasteiger partial charge is 0.272 e. The van der Waals surface area contributed by atoms with Crippen molar-refractivity contribution in [3.05, 3.63) is 92.6 Å². The molecule has 0 spiro atoms. The fourth-order valence-corrected chi connectivity index (χ4v) is 3.92. The first kappa shape index (κ1) is 20.0. The van der Waals surface area contributed by atoms with E-state index in [-0.39, 0.29) is 5.56 Å². The van der Waals surface area contributed by atoms with Gasteiger partial charge >= 0.3 is 0 Å². The predicted octanol–water partition coefficient (Wildman–Crippen LogP) is 2.94. The van der Waals surface area contributed by atoms with Crippen molar-refractivity contribution in [2.75, 3.05) is 0 Å². The van der Waals surface area contributed by atoms with Crippen LogP contribution in [0.4, 0.5) is 0 Å². The molecule has 2 aromatic carbocycles. The second-order valence-electron chi connectivity index (χ2n) is 7.60. The Bertz CT molecular complexity index is 1540. The van der Waals surface area contributed by atoms with E-state index in [2.05, 4.69) is 25.5 Å². The van der Waals surface area contributed by atoms with Gasteiger partial charge in [-0.3, -0.25) is 19.0 Å². The molecule has 0 unspecified atom stereocenters. The largest absolute Gasteiger partial charge is 0.299 e. The van der Waals surface area contributed by atoms with E-state index in [0.29, 0.717) is 35.1 Å². The van der Waals surface area contributed by atoms with Gasteiger partial charge in [0.25, 0.3) is 5.56 Å². The molecule has 3 heterocycles. The molecule has 160 valence electrons. The van der Waals surface area contributed by atoms with Crippen molar-refractivity contribution < 1.29 is 0 Å². The lowest BCUT2D eigenvalue weighted by molar-refractivity contribution is 0.615. The summed E-state index contributed by atoms with van der Waals surface area (Å²) in [6, 6.07) is 15.6. The molecule has 0 amide bonds. The number of H-pyrrole nitrogens is 1. The van der Waals surface area contributed by atoms with Gasteiger partial charge in [-0.25, -0.2) is 9.67 Å². The van der Waals surface area contributed by atoms with Gasteiger partial charge in [-0.15, -0.1) is 5.10 Å². The highest BCUT2D eigenvalue weighted by molar-refractivity contribution is 7.71. The van der Waals surface area contributed by atoms with Gasteiger partial charge in [0.05, 0.1) is 23.8 Å². The van der Waals surface area contributed by atoms with Crippen LogP contribution in [-0.2, 0) is 13.1 Å². The van der Waals surface area contributed by atoms with Gasteiger partial charge in [0.15, 0.2) is 10.6 Å². The zero-order valence-corrected chi connectivity index (χ0v) is 18.4. The average molecular weight is 445 g/mol. The predicted molar refractivity (Wildman–Crippen MR) is 122 cm³/mol. The van der Waals surface area contributed by atoms with Crippen LogP contribution in [0.5, 0.6) is 0 Å². The highest BCUT2D eigenvalue weighted by Gasteiger charge is 2.13. The summed E-state index contributed by atoms with van der Waals surface area (Å²) in [6.45, 7) is 4.43. The average Bonchev–Trinajstić information content (AvgIpc) is 3.38. The third kappa shape index (κ3) is 3.65. The topological polar surface area (TPSA) is 99.2 Å². The summed E-state index contributed by atoms with van der Waals surface area (Å²) < 4.78 is 5.75. The maximum atomic E-state index is 12.7. The Morgan fingerprint density at radius 2 is 1.81 bits per heavy atom. The maximum Gasteiger partial charge on any atom is 0.272 e. The zero-order chi connectivity index (χ0) is 22.2. The molecular formula is C22H20N8OS. The fourth-order valence-electron chi connectivity index (χ4n) is 3.67. The second-order valence-corrected chi connectivity index (χ2v) is 7.99. The van der Waals surface area contributed by atoms with Gasteiger partial charge in [0.2, 0.25) is 0 Å². The van der Waals surface area contributed by atoms with E-state index in [1.54, 1.807) is 16.2 Å².